The third-order valence-corrected chi connectivity index (χ3v) is 5.86. The Hall–Kier alpha value is -2.26. The van der Waals surface area contributed by atoms with E-state index in [1.54, 1.807) is 18.2 Å². The normalized spacial score (nSPS) is 17.6. The molecule has 1 aromatic heterocycles. The van der Waals surface area contributed by atoms with Gasteiger partial charge < -0.3 is 10.2 Å². The van der Waals surface area contributed by atoms with Crippen LogP contribution in [0.25, 0.3) is 0 Å². The summed E-state index contributed by atoms with van der Waals surface area (Å²) < 4.78 is 27.1. The predicted octanol–water partition coefficient (Wildman–Crippen LogP) is 2.71. The maximum absolute atomic E-state index is 12.4. The van der Waals surface area contributed by atoms with Gasteiger partial charge in [0.15, 0.2) is 5.11 Å². The molecule has 1 unspecified atom stereocenters. The molecule has 0 amide bonds. The van der Waals surface area contributed by atoms with Gasteiger partial charge in [-0.25, -0.2) is 23.1 Å². The van der Waals surface area contributed by atoms with Crippen LogP contribution >= 0.6 is 12.2 Å². The topological polar surface area (TPSA) is 87.2 Å². The summed E-state index contributed by atoms with van der Waals surface area (Å²) in [5.74, 6) is 0.664. The van der Waals surface area contributed by atoms with E-state index in [0.717, 1.165) is 25.2 Å². The highest BCUT2D eigenvalue weighted by atomic mass is 32.2. The van der Waals surface area contributed by atoms with E-state index >= 15 is 0 Å². The average molecular weight is 392 g/mol. The molecule has 0 aliphatic carbocycles. The van der Waals surface area contributed by atoms with E-state index in [0.29, 0.717) is 11.0 Å². The molecule has 1 aliphatic rings. The van der Waals surface area contributed by atoms with Crippen LogP contribution in [0.15, 0.2) is 47.6 Å². The molecular formula is C17H21N5O2S2. The Morgan fingerprint density at radius 1 is 1.23 bits per heavy atom. The highest BCUT2D eigenvalue weighted by molar-refractivity contribution is 7.92. The van der Waals surface area contributed by atoms with E-state index < -0.39 is 10.0 Å². The van der Waals surface area contributed by atoms with Crippen molar-refractivity contribution in [3.05, 3.63) is 42.7 Å². The second-order valence-electron chi connectivity index (χ2n) is 6.33. The van der Waals surface area contributed by atoms with Gasteiger partial charge in [0.25, 0.3) is 10.0 Å². The fraction of sp³-hybridized carbons (Fsp3) is 0.353. The molecular weight excluding hydrogens is 370 g/mol. The maximum atomic E-state index is 12.4. The molecule has 2 aromatic rings. The van der Waals surface area contributed by atoms with Crippen LogP contribution in [0.3, 0.4) is 0 Å². The van der Waals surface area contributed by atoms with Crippen LogP contribution in [0, 0.1) is 5.92 Å². The van der Waals surface area contributed by atoms with E-state index in [1.165, 1.54) is 30.9 Å². The lowest BCUT2D eigenvalue weighted by molar-refractivity contribution is 0.276. The van der Waals surface area contributed by atoms with Crippen LogP contribution in [0.1, 0.15) is 19.8 Å². The number of hydrogen-bond donors (Lipinski definition) is 2. The van der Waals surface area contributed by atoms with Crippen LogP contribution < -0.4 is 10.0 Å². The molecule has 1 fully saturated rings. The van der Waals surface area contributed by atoms with Crippen molar-refractivity contribution in [3.63, 3.8) is 0 Å². The highest BCUT2D eigenvalue weighted by Gasteiger charge is 2.19. The Morgan fingerprint density at radius 2 is 1.92 bits per heavy atom. The fourth-order valence-electron chi connectivity index (χ4n) is 2.82. The zero-order valence-electron chi connectivity index (χ0n) is 14.4. The molecule has 1 aromatic carbocycles. The Morgan fingerprint density at radius 3 is 2.58 bits per heavy atom. The van der Waals surface area contributed by atoms with Gasteiger partial charge in [-0.1, -0.05) is 6.92 Å². The molecule has 0 saturated carbocycles. The number of aromatic nitrogens is 2. The lowest BCUT2D eigenvalue weighted by atomic mass is 10.0. The number of anilines is 2. The average Bonchev–Trinajstić information content (AvgIpc) is 2.62. The monoisotopic (exact) mass is 391 g/mol. The van der Waals surface area contributed by atoms with Gasteiger partial charge in [-0.15, -0.1) is 0 Å². The van der Waals surface area contributed by atoms with E-state index in [-0.39, 0.29) is 10.8 Å². The van der Waals surface area contributed by atoms with Gasteiger partial charge in [0, 0.05) is 31.2 Å². The molecule has 0 spiro atoms. The van der Waals surface area contributed by atoms with Gasteiger partial charge in [-0.3, -0.25) is 0 Å². The fourth-order valence-corrected chi connectivity index (χ4v) is 4.07. The third kappa shape index (κ3) is 4.67. The number of likely N-dealkylation sites (tertiary alicyclic amines) is 1. The second kappa shape index (κ2) is 7.96. The SMILES string of the molecule is CC1CCCN(C(=S)Nc2ccc(S(=O)(=O)Nc3ncccn3)cc2)C1. The Balaban J connectivity index is 1.65. The van der Waals surface area contributed by atoms with Crippen molar-refractivity contribution in [3.8, 4) is 0 Å². The minimum absolute atomic E-state index is 0.0371. The van der Waals surface area contributed by atoms with Crippen molar-refractivity contribution >= 4 is 39.0 Å². The quantitative estimate of drug-likeness (QED) is 0.775. The van der Waals surface area contributed by atoms with Crippen LogP contribution in [0.4, 0.5) is 11.6 Å². The van der Waals surface area contributed by atoms with Crippen molar-refractivity contribution in [2.45, 2.75) is 24.7 Å². The molecule has 0 radical (unpaired) electrons. The summed E-state index contributed by atoms with van der Waals surface area (Å²) in [5, 5.41) is 3.85. The Kier molecular flexibility index (Phi) is 5.67. The first-order valence-electron chi connectivity index (χ1n) is 8.40. The Bertz CT molecular complexity index is 856. The lowest BCUT2D eigenvalue weighted by Gasteiger charge is -2.33. The van der Waals surface area contributed by atoms with Gasteiger partial charge >= 0.3 is 0 Å². The molecule has 26 heavy (non-hydrogen) atoms. The summed E-state index contributed by atoms with van der Waals surface area (Å²) in [6.07, 6.45) is 5.30. The van der Waals surface area contributed by atoms with Crippen molar-refractivity contribution in [1.29, 1.82) is 0 Å². The standard InChI is InChI=1S/C17H21N5O2S2/c1-13-4-2-11-22(12-13)17(25)20-14-5-7-15(8-6-14)26(23,24)21-16-18-9-3-10-19-16/h3,5-10,13H,2,4,11-12H2,1H3,(H,20,25)(H,18,19,21). The maximum Gasteiger partial charge on any atom is 0.264 e. The summed E-state index contributed by atoms with van der Waals surface area (Å²) >= 11 is 5.47. The summed E-state index contributed by atoms with van der Waals surface area (Å²) in [6.45, 7) is 4.11. The third-order valence-electron chi connectivity index (χ3n) is 4.15. The van der Waals surface area contributed by atoms with Crippen LogP contribution in [-0.2, 0) is 10.0 Å². The smallest absolute Gasteiger partial charge is 0.264 e. The predicted molar refractivity (Wildman–Crippen MR) is 105 cm³/mol. The van der Waals surface area contributed by atoms with Gasteiger partial charge in [-0.2, -0.15) is 0 Å². The highest BCUT2D eigenvalue weighted by Crippen LogP contribution is 2.19. The van der Waals surface area contributed by atoms with E-state index in [9.17, 15) is 8.42 Å². The molecule has 9 heteroatoms. The first-order chi connectivity index (χ1) is 12.4. The lowest BCUT2D eigenvalue weighted by Crippen LogP contribution is -2.41. The molecule has 138 valence electrons. The van der Waals surface area contributed by atoms with Gasteiger partial charge in [-0.05, 0) is 61.3 Å². The molecule has 1 atom stereocenters. The number of thiocarbonyl (C=S) groups is 1. The zero-order chi connectivity index (χ0) is 18.6. The molecule has 2 N–H and O–H groups in total. The first kappa shape index (κ1) is 18.5. The molecule has 1 saturated heterocycles. The van der Waals surface area contributed by atoms with Gasteiger partial charge in [0.05, 0.1) is 4.90 Å². The number of hydrogen-bond acceptors (Lipinski definition) is 5. The zero-order valence-corrected chi connectivity index (χ0v) is 16.1. The van der Waals surface area contributed by atoms with Gasteiger partial charge in [0.1, 0.15) is 0 Å². The van der Waals surface area contributed by atoms with E-state index in [2.05, 4.69) is 31.8 Å². The van der Waals surface area contributed by atoms with Crippen molar-refractivity contribution in [2.75, 3.05) is 23.1 Å². The summed E-state index contributed by atoms with van der Waals surface area (Å²) in [4.78, 5) is 10.0. The molecule has 7 nitrogen and oxygen atoms in total. The van der Waals surface area contributed by atoms with E-state index in [1.807, 2.05) is 0 Å². The van der Waals surface area contributed by atoms with Crippen molar-refractivity contribution < 1.29 is 8.42 Å². The number of nitrogens with zero attached hydrogens (tertiary/aromatic N) is 3. The number of piperidine rings is 1. The van der Waals surface area contributed by atoms with E-state index in [4.69, 9.17) is 12.2 Å². The minimum Gasteiger partial charge on any atom is -0.349 e. The Labute approximate surface area is 158 Å². The molecule has 0 bridgehead atoms. The van der Waals surface area contributed by atoms with Crippen molar-refractivity contribution in [2.24, 2.45) is 5.92 Å². The van der Waals surface area contributed by atoms with Crippen LogP contribution in [-0.4, -0.2) is 41.5 Å². The van der Waals surface area contributed by atoms with Crippen LogP contribution in [0.5, 0.6) is 0 Å². The minimum atomic E-state index is -3.73. The second-order valence-corrected chi connectivity index (χ2v) is 8.39. The number of sulfonamides is 1. The van der Waals surface area contributed by atoms with Crippen LogP contribution in [0.2, 0.25) is 0 Å². The molecule has 1 aliphatic heterocycles. The number of benzene rings is 1. The van der Waals surface area contributed by atoms with Gasteiger partial charge in [0.2, 0.25) is 5.95 Å². The van der Waals surface area contributed by atoms with Crippen molar-refractivity contribution in [1.82, 2.24) is 14.9 Å². The largest absolute Gasteiger partial charge is 0.349 e. The molecule has 3 rings (SSSR count). The first-order valence-corrected chi connectivity index (χ1v) is 10.3. The summed E-state index contributed by atoms with van der Waals surface area (Å²) in [5.41, 5.74) is 0.753. The number of rotatable bonds is 4. The molecule has 2 heterocycles. The summed E-state index contributed by atoms with van der Waals surface area (Å²) in [6, 6.07) is 8.05. The number of nitrogens with one attached hydrogen (secondary N) is 2. The summed E-state index contributed by atoms with van der Waals surface area (Å²) in [7, 11) is -3.73.